The number of nitrogens with one attached hydrogen (secondary N) is 1. The van der Waals surface area contributed by atoms with Gasteiger partial charge in [0.15, 0.2) is 0 Å². The van der Waals surface area contributed by atoms with E-state index in [0.29, 0.717) is 6.54 Å². The third kappa shape index (κ3) is 4.89. The first kappa shape index (κ1) is 20.1. The van der Waals surface area contributed by atoms with Gasteiger partial charge in [-0.3, -0.25) is 9.69 Å². The lowest BCUT2D eigenvalue weighted by Gasteiger charge is -2.32. The molecule has 1 aliphatic rings. The van der Waals surface area contributed by atoms with E-state index in [0.717, 1.165) is 54.4 Å². The first-order valence-electron chi connectivity index (χ1n) is 9.91. The summed E-state index contributed by atoms with van der Waals surface area (Å²) in [7, 11) is 0. The molecule has 0 bridgehead atoms. The Kier molecular flexibility index (Phi) is 6.33. The minimum absolute atomic E-state index is 0.0331. The Labute approximate surface area is 180 Å². The maximum absolute atomic E-state index is 12.2. The van der Waals surface area contributed by atoms with Gasteiger partial charge in [0, 0.05) is 42.2 Å². The number of amides is 1. The number of aromatic nitrogens is 2. The summed E-state index contributed by atoms with van der Waals surface area (Å²) in [5.41, 5.74) is 4.03. The fourth-order valence-electron chi connectivity index (χ4n) is 3.75. The van der Waals surface area contributed by atoms with Gasteiger partial charge in [-0.2, -0.15) is 16.4 Å². The number of hydrogen-bond acceptors (Lipinski definition) is 4. The van der Waals surface area contributed by atoms with Crippen LogP contribution >= 0.6 is 22.9 Å². The molecule has 0 aliphatic carbocycles. The molecule has 0 spiro atoms. The zero-order valence-electron chi connectivity index (χ0n) is 16.5. The normalized spacial score (nSPS) is 15.5. The van der Waals surface area contributed by atoms with Crippen LogP contribution in [0.5, 0.6) is 0 Å². The number of carbonyl (C=O) groups excluding carboxylic acids is 1. The lowest BCUT2D eigenvalue weighted by Crippen LogP contribution is -2.44. The number of thiophene rings is 1. The summed E-state index contributed by atoms with van der Waals surface area (Å²) >= 11 is 8.22. The van der Waals surface area contributed by atoms with Crippen molar-refractivity contribution in [3.05, 3.63) is 74.7 Å². The average Bonchev–Trinajstić information content (AvgIpc) is 3.35. The summed E-state index contributed by atoms with van der Waals surface area (Å²) in [4.78, 5) is 14.6. The fourth-order valence-corrected chi connectivity index (χ4v) is 4.68. The molecular formula is C22H25ClN4OS. The molecule has 1 aromatic carbocycles. The molecule has 1 fully saturated rings. The van der Waals surface area contributed by atoms with E-state index in [-0.39, 0.29) is 11.9 Å². The molecule has 5 nitrogen and oxygen atoms in total. The predicted octanol–water partition coefficient (Wildman–Crippen LogP) is 4.35. The molecule has 2 aromatic heterocycles. The molecule has 3 aromatic rings. The first-order chi connectivity index (χ1) is 14.1. The quantitative estimate of drug-likeness (QED) is 0.635. The second kappa shape index (κ2) is 9.11. The third-order valence-corrected chi connectivity index (χ3v) is 6.55. The van der Waals surface area contributed by atoms with Crippen LogP contribution in [0.15, 0.2) is 47.2 Å². The minimum Gasteiger partial charge on any atom is -0.349 e. The molecule has 1 amide bonds. The highest BCUT2D eigenvalue weighted by molar-refractivity contribution is 7.08. The first-order valence-corrected chi connectivity index (χ1v) is 11.2. The van der Waals surface area contributed by atoms with Crippen LogP contribution in [0.3, 0.4) is 0 Å². The number of aryl methyl sites for hydroxylation is 1. The van der Waals surface area contributed by atoms with Crippen LogP contribution < -0.4 is 5.32 Å². The molecule has 152 valence electrons. The molecule has 0 radical (unpaired) electrons. The SMILES string of the molecule is Cc1nn(Cc2ccccc2)c(Cl)c1CN1CCC(NC(=O)c2ccsc2)CC1. The maximum Gasteiger partial charge on any atom is 0.252 e. The number of nitrogens with zero attached hydrogens (tertiary/aromatic N) is 3. The average molecular weight is 429 g/mol. The Bertz CT molecular complexity index is 947. The molecule has 29 heavy (non-hydrogen) atoms. The Morgan fingerprint density at radius 3 is 2.66 bits per heavy atom. The van der Waals surface area contributed by atoms with Crippen LogP contribution in [0.25, 0.3) is 0 Å². The monoisotopic (exact) mass is 428 g/mol. The Hall–Kier alpha value is -2.15. The molecule has 4 rings (SSSR count). The number of likely N-dealkylation sites (tertiary alicyclic amines) is 1. The Balaban J connectivity index is 1.33. The van der Waals surface area contributed by atoms with E-state index in [1.54, 1.807) is 11.3 Å². The number of rotatable bonds is 6. The summed E-state index contributed by atoms with van der Waals surface area (Å²) in [5, 5.41) is 12.4. The largest absolute Gasteiger partial charge is 0.349 e. The van der Waals surface area contributed by atoms with Crippen molar-refractivity contribution in [2.75, 3.05) is 13.1 Å². The second-order valence-corrected chi connectivity index (χ2v) is 8.67. The lowest BCUT2D eigenvalue weighted by atomic mass is 10.0. The van der Waals surface area contributed by atoms with Crippen LogP contribution in [0.1, 0.15) is 40.0 Å². The van der Waals surface area contributed by atoms with Gasteiger partial charge in [-0.1, -0.05) is 41.9 Å². The van der Waals surface area contributed by atoms with Crippen LogP contribution in [-0.2, 0) is 13.1 Å². The number of halogens is 1. The fraction of sp³-hybridized carbons (Fsp3) is 0.364. The molecule has 1 N–H and O–H groups in total. The number of piperidine rings is 1. The van der Waals surface area contributed by atoms with Crippen molar-refractivity contribution in [1.82, 2.24) is 20.0 Å². The summed E-state index contributed by atoms with van der Waals surface area (Å²) in [6.45, 7) is 5.38. The van der Waals surface area contributed by atoms with Gasteiger partial charge in [-0.25, -0.2) is 4.68 Å². The van der Waals surface area contributed by atoms with Gasteiger partial charge >= 0.3 is 0 Å². The van der Waals surface area contributed by atoms with E-state index in [1.807, 2.05) is 46.6 Å². The van der Waals surface area contributed by atoms with Crippen molar-refractivity contribution >= 4 is 28.8 Å². The topological polar surface area (TPSA) is 50.2 Å². The maximum atomic E-state index is 12.2. The Morgan fingerprint density at radius 2 is 1.97 bits per heavy atom. The van der Waals surface area contributed by atoms with Crippen LogP contribution in [0, 0.1) is 6.92 Å². The van der Waals surface area contributed by atoms with Crippen molar-refractivity contribution < 1.29 is 4.79 Å². The summed E-state index contributed by atoms with van der Waals surface area (Å²) in [5.74, 6) is 0.0331. The van der Waals surface area contributed by atoms with Crippen molar-refractivity contribution in [2.24, 2.45) is 0 Å². The molecular weight excluding hydrogens is 404 g/mol. The van der Waals surface area contributed by atoms with Gasteiger partial charge in [-0.15, -0.1) is 0 Å². The zero-order chi connectivity index (χ0) is 20.2. The molecule has 1 saturated heterocycles. The van der Waals surface area contributed by atoms with Gasteiger partial charge in [0.25, 0.3) is 5.91 Å². The second-order valence-electron chi connectivity index (χ2n) is 7.53. The Morgan fingerprint density at radius 1 is 1.21 bits per heavy atom. The number of hydrogen-bond donors (Lipinski definition) is 1. The van der Waals surface area contributed by atoms with Crippen molar-refractivity contribution in [2.45, 2.75) is 38.9 Å². The van der Waals surface area contributed by atoms with Gasteiger partial charge < -0.3 is 5.32 Å². The predicted molar refractivity (Wildman–Crippen MR) is 118 cm³/mol. The van der Waals surface area contributed by atoms with E-state index in [4.69, 9.17) is 11.6 Å². The summed E-state index contributed by atoms with van der Waals surface area (Å²) in [6.07, 6.45) is 1.90. The lowest BCUT2D eigenvalue weighted by molar-refractivity contribution is 0.0909. The number of benzene rings is 1. The molecule has 0 saturated carbocycles. The van der Waals surface area contributed by atoms with E-state index < -0.39 is 0 Å². The van der Waals surface area contributed by atoms with Gasteiger partial charge in [0.2, 0.25) is 0 Å². The van der Waals surface area contributed by atoms with Crippen LogP contribution in [0.2, 0.25) is 5.15 Å². The van der Waals surface area contributed by atoms with E-state index in [1.165, 1.54) is 5.56 Å². The zero-order valence-corrected chi connectivity index (χ0v) is 18.0. The summed E-state index contributed by atoms with van der Waals surface area (Å²) < 4.78 is 1.88. The van der Waals surface area contributed by atoms with Crippen LogP contribution in [-0.4, -0.2) is 39.7 Å². The van der Waals surface area contributed by atoms with Crippen molar-refractivity contribution in [3.8, 4) is 0 Å². The highest BCUT2D eigenvalue weighted by atomic mass is 35.5. The number of carbonyl (C=O) groups is 1. The molecule has 1 aliphatic heterocycles. The molecule has 0 unspecified atom stereocenters. The van der Waals surface area contributed by atoms with Crippen molar-refractivity contribution in [1.29, 1.82) is 0 Å². The standard InChI is InChI=1S/C22H25ClN4OS/c1-16-20(21(23)27(25-16)13-17-5-3-2-4-6-17)14-26-10-7-19(8-11-26)24-22(28)18-9-12-29-15-18/h2-6,9,12,15,19H,7-8,10-11,13-14H2,1H3,(H,24,28). The highest BCUT2D eigenvalue weighted by Crippen LogP contribution is 2.24. The van der Waals surface area contributed by atoms with E-state index in [9.17, 15) is 4.79 Å². The van der Waals surface area contributed by atoms with Gasteiger partial charge in [0.1, 0.15) is 5.15 Å². The molecule has 7 heteroatoms. The molecule has 0 atom stereocenters. The highest BCUT2D eigenvalue weighted by Gasteiger charge is 2.23. The van der Waals surface area contributed by atoms with Gasteiger partial charge in [0.05, 0.1) is 12.2 Å². The smallest absolute Gasteiger partial charge is 0.252 e. The third-order valence-electron chi connectivity index (χ3n) is 5.45. The van der Waals surface area contributed by atoms with E-state index in [2.05, 4.69) is 27.4 Å². The van der Waals surface area contributed by atoms with Crippen LogP contribution in [0.4, 0.5) is 0 Å². The van der Waals surface area contributed by atoms with Crippen molar-refractivity contribution in [3.63, 3.8) is 0 Å². The van der Waals surface area contributed by atoms with Gasteiger partial charge in [-0.05, 0) is 36.8 Å². The summed E-state index contributed by atoms with van der Waals surface area (Å²) in [6, 6.07) is 12.3. The van der Waals surface area contributed by atoms with E-state index >= 15 is 0 Å². The minimum atomic E-state index is 0.0331. The molecule has 3 heterocycles.